The highest BCUT2D eigenvalue weighted by Crippen LogP contribution is 2.37. The molecule has 1 atom stereocenters. The number of carbonyl (C=O) groups is 1. The number of aromatic nitrogens is 2. The van der Waals surface area contributed by atoms with Crippen LogP contribution in [-0.2, 0) is 11.2 Å². The maximum Gasteiger partial charge on any atom is 0.248 e. The van der Waals surface area contributed by atoms with E-state index in [0.29, 0.717) is 18.8 Å². The molecule has 1 N–H and O–H groups in total. The van der Waals surface area contributed by atoms with Gasteiger partial charge in [-0.05, 0) is 44.1 Å². The predicted molar refractivity (Wildman–Crippen MR) is 78.5 cm³/mol. The van der Waals surface area contributed by atoms with Gasteiger partial charge < -0.3 is 4.90 Å². The molecule has 2 fully saturated rings. The summed E-state index contributed by atoms with van der Waals surface area (Å²) in [6.07, 6.45) is 5.10. The van der Waals surface area contributed by atoms with Crippen LogP contribution in [0, 0.1) is 11.8 Å². The standard InChI is InChI=1S/C16H23F2N3O/c17-16(18)6-3-13(4-7-16)15(22)21-9-1-2-12(11-21)10-14-5-8-19-20-14/h5,8,12-13H,1-4,6-7,9-11H2,(H,19,20). The highest BCUT2D eigenvalue weighted by Gasteiger charge is 2.39. The van der Waals surface area contributed by atoms with Gasteiger partial charge in [0.05, 0.1) is 0 Å². The summed E-state index contributed by atoms with van der Waals surface area (Å²) >= 11 is 0. The van der Waals surface area contributed by atoms with E-state index in [0.717, 1.165) is 38.0 Å². The van der Waals surface area contributed by atoms with Crippen LogP contribution < -0.4 is 0 Å². The molecule has 0 aromatic carbocycles. The number of H-pyrrole nitrogens is 1. The Balaban J connectivity index is 1.54. The number of alkyl halides is 2. The number of carbonyl (C=O) groups excluding carboxylic acids is 1. The molecule has 4 nitrogen and oxygen atoms in total. The van der Waals surface area contributed by atoms with E-state index < -0.39 is 5.92 Å². The first-order chi connectivity index (χ1) is 10.5. The Bertz CT molecular complexity index is 493. The second-order valence-electron chi connectivity index (χ2n) is 6.71. The lowest BCUT2D eigenvalue weighted by atomic mass is 9.85. The van der Waals surface area contributed by atoms with Crippen LogP contribution >= 0.6 is 0 Å². The van der Waals surface area contributed by atoms with Crippen molar-refractivity contribution in [3.63, 3.8) is 0 Å². The van der Waals surface area contributed by atoms with Crippen LogP contribution in [0.15, 0.2) is 12.3 Å². The second-order valence-corrected chi connectivity index (χ2v) is 6.71. The Hall–Kier alpha value is -1.46. The third kappa shape index (κ3) is 3.65. The van der Waals surface area contributed by atoms with E-state index >= 15 is 0 Å². The lowest BCUT2D eigenvalue weighted by Crippen LogP contribution is -2.45. The molecule has 0 radical (unpaired) electrons. The van der Waals surface area contributed by atoms with E-state index in [2.05, 4.69) is 10.2 Å². The lowest BCUT2D eigenvalue weighted by molar-refractivity contribution is -0.141. The molecular formula is C16H23F2N3O. The molecule has 1 saturated heterocycles. The Morgan fingerprint density at radius 1 is 1.36 bits per heavy atom. The summed E-state index contributed by atoms with van der Waals surface area (Å²) in [5, 5.41) is 6.92. The zero-order valence-electron chi connectivity index (χ0n) is 12.7. The van der Waals surface area contributed by atoms with Crippen LogP contribution in [0.2, 0.25) is 0 Å². The van der Waals surface area contributed by atoms with Gasteiger partial charge in [-0.1, -0.05) is 0 Å². The van der Waals surface area contributed by atoms with Gasteiger partial charge in [-0.3, -0.25) is 9.89 Å². The molecule has 1 aromatic heterocycles. The maximum atomic E-state index is 13.2. The molecule has 0 spiro atoms. The number of rotatable bonds is 3. The van der Waals surface area contributed by atoms with Gasteiger partial charge in [-0.15, -0.1) is 0 Å². The predicted octanol–water partition coefficient (Wildman–Crippen LogP) is 3.02. The van der Waals surface area contributed by atoms with Crippen molar-refractivity contribution < 1.29 is 13.6 Å². The fraction of sp³-hybridized carbons (Fsp3) is 0.750. The Labute approximate surface area is 129 Å². The van der Waals surface area contributed by atoms with Crippen molar-refractivity contribution in [3.05, 3.63) is 18.0 Å². The van der Waals surface area contributed by atoms with Gasteiger partial charge >= 0.3 is 0 Å². The molecule has 2 aliphatic rings. The highest BCUT2D eigenvalue weighted by molar-refractivity contribution is 5.79. The summed E-state index contributed by atoms with van der Waals surface area (Å²) in [5.41, 5.74) is 1.09. The third-order valence-electron chi connectivity index (χ3n) is 4.96. The van der Waals surface area contributed by atoms with Gasteiger partial charge in [0.15, 0.2) is 0 Å². The molecule has 0 bridgehead atoms. The van der Waals surface area contributed by atoms with Crippen molar-refractivity contribution in [2.45, 2.75) is 50.9 Å². The number of halogens is 2. The van der Waals surface area contributed by atoms with E-state index in [1.165, 1.54) is 0 Å². The van der Waals surface area contributed by atoms with Gasteiger partial charge in [-0.2, -0.15) is 5.10 Å². The van der Waals surface area contributed by atoms with Crippen LogP contribution in [0.25, 0.3) is 0 Å². The number of nitrogens with zero attached hydrogens (tertiary/aromatic N) is 2. The number of hydrogen-bond acceptors (Lipinski definition) is 2. The summed E-state index contributed by atoms with van der Waals surface area (Å²) < 4.78 is 26.4. The number of piperidine rings is 1. The largest absolute Gasteiger partial charge is 0.342 e. The molecule has 1 amide bonds. The minimum absolute atomic E-state index is 0.0878. The Morgan fingerprint density at radius 3 is 2.82 bits per heavy atom. The Kier molecular flexibility index (Phi) is 4.45. The van der Waals surface area contributed by atoms with E-state index in [1.54, 1.807) is 6.20 Å². The molecule has 22 heavy (non-hydrogen) atoms. The summed E-state index contributed by atoms with van der Waals surface area (Å²) in [7, 11) is 0. The van der Waals surface area contributed by atoms with Gasteiger partial charge in [0.2, 0.25) is 11.8 Å². The average Bonchev–Trinajstić information content (AvgIpc) is 3.00. The molecule has 122 valence electrons. The van der Waals surface area contributed by atoms with Crippen molar-refractivity contribution in [2.24, 2.45) is 11.8 Å². The first-order valence-electron chi connectivity index (χ1n) is 8.18. The van der Waals surface area contributed by atoms with E-state index in [1.807, 2.05) is 11.0 Å². The molecule has 3 rings (SSSR count). The minimum Gasteiger partial charge on any atom is -0.342 e. The summed E-state index contributed by atoms with van der Waals surface area (Å²) in [6.45, 7) is 1.51. The lowest BCUT2D eigenvalue weighted by Gasteiger charge is -2.36. The van der Waals surface area contributed by atoms with Gasteiger partial charge in [0, 0.05) is 43.7 Å². The zero-order chi connectivity index (χ0) is 15.6. The summed E-state index contributed by atoms with van der Waals surface area (Å²) in [4.78, 5) is 14.5. The smallest absolute Gasteiger partial charge is 0.248 e. The van der Waals surface area contributed by atoms with Gasteiger partial charge in [0.1, 0.15) is 0 Å². The van der Waals surface area contributed by atoms with E-state index in [4.69, 9.17) is 0 Å². The third-order valence-corrected chi connectivity index (χ3v) is 4.96. The number of aromatic amines is 1. The van der Waals surface area contributed by atoms with Crippen LogP contribution in [0.3, 0.4) is 0 Å². The van der Waals surface area contributed by atoms with Crippen LogP contribution in [0.5, 0.6) is 0 Å². The fourth-order valence-electron chi connectivity index (χ4n) is 3.69. The van der Waals surface area contributed by atoms with Crippen LogP contribution in [0.1, 0.15) is 44.2 Å². The van der Waals surface area contributed by atoms with Crippen molar-refractivity contribution in [2.75, 3.05) is 13.1 Å². The van der Waals surface area contributed by atoms with Crippen LogP contribution in [0.4, 0.5) is 8.78 Å². The fourth-order valence-corrected chi connectivity index (χ4v) is 3.69. The maximum absolute atomic E-state index is 13.2. The molecule has 1 aliphatic heterocycles. The monoisotopic (exact) mass is 311 g/mol. The number of likely N-dealkylation sites (tertiary alicyclic amines) is 1. The number of hydrogen-bond donors (Lipinski definition) is 1. The molecule has 1 aromatic rings. The average molecular weight is 311 g/mol. The highest BCUT2D eigenvalue weighted by atomic mass is 19.3. The van der Waals surface area contributed by atoms with E-state index in [-0.39, 0.29) is 24.7 Å². The van der Waals surface area contributed by atoms with Gasteiger partial charge in [0.25, 0.3) is 0 Å². The quantitative estimate of drug-likeness (QED) is 0.933. The molecule has 1 saturated carbocycles. The van der Waals surface area contributed by atoms with Crippen molar-refractivity contribution in [1.82, 2.24) is 15.1 Å². The summed E-state index contributed by atoms with van der Waals surface area (Å²) in [6, 6.07) is 1.96. The van der Waals surface area contributed by atoms with Crippen LogP contribution in [-0.4, -0.2) is 40.0 Å². The van der Waals surface area contributed by atoms with Crippen molar-refractivity contribution >= 4 is 5.91 Å². The first kappa shape index (κ1) is 15.4. The zero-order valence-corrected chi connectivity index (χ0v) is 12.7. The minimum atomic E-state index is -2.57. The van der Waals surface area contributed by atoms with Crippen molar-refractivity contribution in [1.29, 1.82) is 0 Å². The molecule has 1 unspecified atom stereocenters. The number of amides is 1. The first-order valence-corrected chi connectivity index (χ1v) is 8.18. The molecular weight excluding hydrogens is 288 g/mol. The molecule has 2 heterocycles. The normalized spacial score (nSPS) is 26.1. The topological polar surface area (TPSA) is 49.0 Å². The van der Waals surface area contributed by atoms with Gasteiger partial charge in [-0.25, -0.2) is 8.78 Å². The second kappa shape index (κ2) is 6.34. The Morgan fingerprint density at radius 2 is 2.14 bits per heavy atom. The summed E-state index contributed by atoms with van der Waals surface area (Å²) in [5.74, 6) is -2.25. The van der Waals surface area contributed by atoms with Crippen molar-refractivity contribution in [3.8, 4) is 0 Å². The number of nitrogens with one attached hydrogen (secondary N) is 1. The van der Waals surface area contributed by atoms with E-state index in [9.17, 15) is 13.6 Å². The SMILES string of the molecule is O=C(C1CCC(F)(F)CC1)N1CCCC(Cc2ccn[nH]2)C1. The molecule has 1 aliphatic carbocycles. The molecule has 6 heteroatoms.